The summed E-state index contributed by atoms with van der Waals surface area (Å²) in [6.45, 7) is 7.26. The number of methoxy groups -OCH3 is 1. The second kappa shape index (κ2) is 6.61. The van der Waals surface area contributed by atoms with Gasteiger partial charge in [-0.25, -0.2) is 4.79 Å². The molecule has 0 saturated carbocycles. The van der Waals surface area contributed by atoms with Gasteiger partial charge >= 0.3 is 6.09 Å². The zero-order valence-electron chi connectivity index (χ0n) is 13.2. The third-order valence-electron chi connectivity index (χ3n) is 2.99. The Balaban J connectivity index is 2.80. The van der Waals surface area contributed by atoms with Gasteiger partial charge in [-0.05, 0) is 45.4 Å². The maximum atomic E-state index is 11.7. The number of benzene rings is 1. The molecule has 0 aromatic heterocycles. The van der Waals surface area contributed by atoms with Crippen molar-refractivity contribution in [1.82, 2.24) is 5.32 Å². The highest BCUT2D eigenvalue weighted by molar-refractivity contribution is 5.72. The van der Waals surface area contributed by atoms with Crippen molar-refractivity contribution >= 4 is 12.4 Å². The van der Waals surface area contributed by atoms with Crippen molar-refractivity contribution in [2.45, 2.75) is 38.7 Å². The molecule has 0 bridgehead atoms. The van der Waals surface area contributed by atoms with Gasteiger partial charge in [-0.15, -0.1) is 0 Å². The van der Waals surface area contributed by atoms with Crippen LogP contribution in [-0.4, -0.2) is 31.6 Å². The lowest BCUT2D eigenvalue weighted by Gasteiger charge is -2.26. The van der Waals surface area contributed by atoms with Crippen molar-refractivity contribution in [1.29, 1.82) is 0 Å². The average molecular weight is 293 g/mol. The molecular weight excluding hydrogens is 270 g/mol. The van der Waals surface area contributed by atoms with Gasteiger partial charge in [0.2, 0.25) is 0 Å². The van der Waals surface area contributed by atoms with Gasteiger partial charge < -0.3 is 19.6 Å². The monoisotopic (exact) mass is 293 g/mol. The molecule has 1 atom stereocenters. The lowest BCUT2D eigenvalue weighted by atomic mass is 9.84. The molecular formula is C16H23NO4. The predicted octanol–water partition coefficient (Wildman–Crippen LogP) is 2.68. The van der Waals surface area contributed by atoms with Gasteiger partial charge in [0.1, 0.15) is 17.6 Å². The average Bonchev–Trinajstić information content (AvgIpc) is 2.43. The fourth-order valence-corrected chi connectivity index (χ4v) is 1.76. The molecule has 5 heteroatoms. The van der Waals surface area contributed by atoms with Crippen LogP contribution < -0.4 is 10.1 Å². The van der Waals surface area contributed by atoms with Crippen molar-refractivity contribution in [3.8, 4) is 5.75 Å². The number of alkyl carbamates (subject to hydrolysis) is 1. The maximum Gasteiger partial charge on any atom is 0.407 e. The second-order valence-corrected chi connectivity index (χ2v) is 6.12. The minimum atomic E-state index is -0.842. The summed E-state index contributed by atoms with van der Waals surface area (Å²) in [6, 6.07) is 7.22. The Morgan fingerprint density at radius 3 is 2.48 bits per heavy atom. The number of rotatable bonds is 5. The van der Waals surface area contributed by atoms with E-state index in [9.17, 15) is 9.59 Å². The maximum absolute atomic E-state index is 11.7. The molecule has 0 aliphatic rings. The molecule has 0 aliphatic heterocycles. The van der Waals surface area contributed by atoms with Crippen LogP contribution in [0.25, 0.3) is 0 Å². The van der Waals surface area contributed by atoms with Crippen molar-refractivity contribution in [2.75, 3.05) is 13.7 Å². The highest BCUT2D eigenvalue weighted by Crippen LogP contribution is 2.24. The molecule has 0 aliphatic carbocycles. The Hall–Kier alpha value is -2.04. The molecule has 1 unspecified atom stereocenters. The van der Waals surface area contributed by atoms with Crippen molar-refractivity contribution < 1.29 is 19.1 Å². The summed E-state index contributed by atoms with van der Waals surface area (Å²) in [6.07, 6.45) is 0.276. The molecule has 21 heavy (non-hydrogen) atoms. The minimum Gasteiger partial charge on any atom is -0.497 e. The van der Waals surface area contributed by atoms with Gasteiger partial charge in [0.05, 0.1) is 12.5 Å². The first-order valence-corrected chi connectivity index (χ1v) is 6.78. The Bertz CT molecular complexity index is 507. The first-order chi connectivity index (χ1) is 9.70. The van der Waals surface area contributed by atoms with Gasteiger partial charge in [-0.2, -0.15) is 0 Å². The van der Waals surface area contributed by atoms with E-state index in [-0.39, 0.29) is 6.54 Å². The molecule has 1 amide bonds. The first-order valence-electron chi connectivity index (χ1n) is 6.78. The fraction of sp³-hybridized carbons (Fsp3) is 0.500. The molecule has 0 heterocycles. The summed E-state index contributed by atoms with van der Waals surface area (Å²) in [5, 5.41) is 2.63. The molecule has 1 N–H and O–H groups in total. The largest absolute Gasteiger partial charge is 0.497 e. The fourth-order valence-electron chi connectivity index (χ4n) is 1.76. The van der Waals surface area contributed by atoms with Gasteiger partial charge in [-0.3, -0.25) is 0 Å². The van der Waals surface area contributed by atoms with E-state index in [1.807, 2.05) is 12.1 Å². The van der Waals surface area contributed by atoms with Crippen LogP contribution in [0, 0.1) is 0 Å². The van der Waals surface area contributed by atoms with Crippen LogP contribution in [0.5, 0.6) is 5.75 Å². The van der Waals surface area contributed by atoms with Gasteiger partial charge in [0.25, 0.3) is 0 Å². The van der Waals surface area contributed by atoms with Crippen LogP contribution in [0.2, 0.25) is 0 Å². The quantitative estimate of drug-likeness (QED) is 0.848. The first kappa shape index (κ1) is 17.0. The van der Waals surface area contributed by atoms with E-state index < -0.39 is 17.1 Å². The SMILES string of the molecule is COc1cccc(C(C)(C=O)CNC(=O)OC(C)(C)C)c1. The number of carbonyl (C=O) groups is 2. The molecule has 5 nitrogen and oxygen atoms in total. The van der Waals surface area contributed by atoms with Crippen molar-refractivity contribution in [3.63, 3.8) is 0 Å². The smallest absolute Gasteiger partial charge is 0.407 e. The van der Waals surface area contributed by atoms with E-state index in [1.54, 1.807) is 46.9 Å². The third kappa shape index (κ3) is 5.10. The Kier molecular flexibility index (Phi) is 5.35. The number of ether oxygens (including phenoxy) is 2. The van der Waals surface area contributed by atoms with E-state index in [0.29, 0.717) is 5.75 Å². The van der Waals surface area contributed by atoms with Crippen LogP contribution in [0.1, 0.15) is 33.3 Å². The molecule has 1 aromatic carbocycles. The highest BCUT2D eigenvalue weighted by Gasteiger charge is 2.28. The lowest BCUT2D eigenvalue weighted by Crippen LogP contribution is -2.42. The van der Waals surface area contributed by atoms with Crippen molar-refractivity contribution in [3.05, 3.63) is 29.8 Å². The zero-order valence-corrected chi connectivity index (χ0v) is 13.2. The standard InChI is InChI=1S/C16H23NO4/c1-15(2,3)21-14(19)17-10-16(4,11-18)12-7-6-8-13(9-12)20-5/h6-9,11H,10H2,1-5H3,(H,17,19). The number of nitrogens with one attached hydrogen (secondary N) is 1. The Morgan fingerprint density at radius 2 is 1.95 bits per heavy atom. The second-order valence-electron chi connectivity index (χ2n) is 6.12. The van der Waals surface area contributed by atoms with Crippen LogP contribution >= 0.6 is 0 Å². The van der Waals surface area contributed by atoms with E-state index in [2.05, 4.69) is 5.32 Å². The van der Waals surface area contributed by atoms with E-state index in [1.165, 1.54) is 0 Å². The number of hydrogen-bond donors (Lipinski definition) is 1. The molecule has 0 fully saturated rings. The van der Waals surface area contributed by atoms with Gasteiger partial charge in [-0.1, -0.05) is 12.1 Å². The van der Waals surface area contributed by atoms with Crippen molar-refractivity contribution in [2.24, 2.45) is 0 Å². The minimum absolute atomic E-state index is 0.151. The molecule has 0 radical (unpaired) electrons. The summed E-state index contributed by atoms with van der Waals surface area (Å²) in [5.74, 6) is 0.665. The molecule has 0 spiro atoms. The van der Waals surface area contributed by atoms with Gasteiger partial charge in [0.15, 0.2) is 0 Å². The molecule has 116 valence electrons. The topological polar surface area (TPSA) is 64.6 Å². The molecule has 0 saturated heterocycles. The highest BCUT2D eigenvalue weighted by atomic mass is 16.6. The van der Waals surface area contributed by atoms with Crippen LogP contribution in [0.4, 0.5) is 4.79 Å². The van der Waals surface area contributed by atoms with E-state index in [0.717, 1.165) is 11.8 Å². The Morgan fingerprint density at radius 1 is 1.29 bits per heavy atom. The normalized spacial score (nSPS) is 14.0. The number of amides is 1. The van der Waals surface area contributed by atoms with Crippen LogP contribution in [-0.2, 0) is 14.9 Å². The van der Waals surface area contributed by atoms with Crippen LogP contribution in [0.3, 0.4) is 0 Å². The summed E-state index contributed by atoms with van der Waals surface area (Å²) in [5.41, 5.74) is -0.642. The zero-order chi connectivity index (χ0) is 16.1. The van der Waals surface area contributed by atoms with E-state index >= 15 is 0 Å². The molecule has 1 rings (SSSR count). The van der Waals surface area contributed by atoms with Gasteiger partial charge in [0, 0.05) is 6.54 Å². The third-order valence-corrected chi connectivity index (χ3v) is 2.99. The summed E-state index contributed by atoms with van der Waals surface area (Å²) >= 11 is 0. The predicted molar refractivity (Wildman–Crippen MR) is 80.6 cm³/mol. The number of carbonyl (C=O) groups excluding carboxylic acids is 2. The Labute approximate surface area is 125 Å². The molecule has 1 aromatic rings. The number of hydrogen-bond acceptors (Lipinski definition) is 4. The summed E-state index contributed by atoms with van der Waals surface area (Å²) in [7, 11) is 1.57. The number of aldehydes is 1. The lowest BCUT2D eigenvalue weighted by molar-refractivity contribution is -0.112. The summed E-state index contributed by atoms with van der Waals surface area (Å²) < 4.78 is 10.3. The van der Waals surface area contributed by atoms with E-state index in [4.69, 9.17) is 9.47 Å². The van der Waals surface area contributed by atoms with Crippen LogP contribution in [0.15, 0.2) is 24.3 Å². The summed E-state index contributed by atoms with van der Waals surface area (Å²) in [4.78, 5) is 23.2.